The Balaban J connectivity index is 2.50. The zero-order valence-electron chi connectivity index (χ0n) is 12.0. The molecule has 0 radical (unpaired) electrons. The van der Waals surface area contributed by atoms with Crippen LogP contribution in [0.1, 0.15) is 16.0 Å². The van der Waals surface area contributed by atoms with E-state index in [0.717, 1.165) is 5.56 Å². The molecule has 1 unspecified atom stereocenters. The monoisotopic (exact) mass is 354 g/mol. The first-order valence-electron chi connectivity index (χ1n) is 6.30. The molecule has 2 rings (SSSR count). The molecule has 3 nitrogen and oxygen atoms in total. The molecular weight excluding hydrogens is 339 g/mol. The van der Waals surface area contributed by atoms with Crippen molar-refractivity contribution in [3.8, 4) is 17.2 Å². The second-order valence-corrected chi connectivity index (χ2v) is 5.25. The summed E-state index contributed by atoms with van der Waals surface area (Å²) in [7, 11) is 4.58. The van der Waals surface area contributed by atoms with Crippen molar-refractivity contribution in [1.82, 2.24) is 0 Å². The SMILES string of the molecule is COc1cc(F)c(C(Br)c2ccccc2OC)cc1OC. The van der Waals surface area contributed by atoms with Crippen LogP contribution in [-0.4, -0.2) is 21.3 Å². The van der Waals surface area contributed by atoms with Gasteiger partial charge in [0.15, 0.2) is 11.5 Å². The Hall–Kier alpha value is -1.75. The van der Waals surface area contributed by atoms with E-state index in [1.165, 1.54) is 20.3 Å². The van der Waals surface area contributed by atoms with Gasteiger partial charge in [0.25, 0.3) is 0 Å². The highest BCUT2D eigenvalue weighted by Crippen LogP contribution is 2.41. The van der Waals surface area contributed by atoms with E-state index in [4.69, 9.17) is 14.2 Å². The second-order valence-electron chi connectivity index (χ2n) is 4.33. The minimum absolute atomic E-state index is 0.353. The second kappa shape index (κ2) is 6.80. The lowest BCUT2D eigenvalue weighted by Crippen LogP contribution is -2.01. The van der Waals surface area contributed by atoms with Gasteiger partial charge in [0.2, 0.25) is 0 Å². The zero-order chi connectivity index (χ0) is 15.4. The van der Waals surface area contributed by atoms with Crippen molar-refractivity contribution in [2.75, 3.05) is 21.3 Å². The van der Waals surface area contributed by atoms with Crippen molar-refractivity contribution < 1.29 is 18.6 Å². The lowest BCUT2D eigenvalue weighted by Gasteiger charge is -2.17. The first-order chi connectivity index (χ1) is 10.1. The lowest BCUT2D eigenvalue weighted by molar-refractivity contribution is 0.351. The molecule has 0 spiro atoms. The highest BCUT2D eigenvalue weighted by Gasteiger charge is 2.21. The van der Waals surface area contributed by atoms with Crippen LogP contribution in [0.5, 0.6) is 17.2 Å². The van der Waals surface area contributed by atoms with Crippen molar-refractivity contribution in [2.45, 2.75) is 4.83 Å². The molecule has 0 N–H and O–H groups in total. The largest absolute Gasteiger partial charge is 0.496 e. The van der Waals surface area contributed by atoms with E-state index in [1.54, 1.807) is 13.2 Å². The number of hydrogen-bond donors (Lipinski definition) is 0. The van der Waals surface area contributed by atoms with Crippen molar-refractivity contribution in [1.29, 1.82) is 0 Å². The fourth-order valence-corrected chi connectivity index (χ4v) is 2.84. The van der Waals surface area contributed by atoms with E-state index in [9.17, 15) is 4.39 Å². The predicted octanol–water partition coefficient (Wildman–Crippen LogP) is 4.34. The highest BCUT2D eigenvalue weighted by atomic mass is 79.9. The molecule has 21 heavy (non-hydrogen) atoms. The van der Waals surface area contributed by atoms with Gasteiger partial charge in [-0.2, -0.15) is 0 Å². The number of hydrogen-bond acceptors (Lipinski definition) is 3. The first kappa shape index (κ1) is 15.6. The third-order valence-electron chi connectivity index (χ3n) is 3.19. The normalized spacial score (nSPS) is 11.9. The quantitative estimate of drug-likeness (QED) is 0.747. The van der Waals surface area contributed by atoms with Gasteiger partial charge in [-0.1, -0.05) is 34.1 Å². The summed E-state index contributed by atoms with van der Waals surface area (Å²) in [6.07, 6.45) is 0. The van der Waals surface area contributed by atoms with Gasteiger partial charge in [-0.3, -0.25) is 0 Å². The molecule has 0 bridgehead atoms. The topological polar surface area (TPSA) is 27.7 Å². The van der Waals surface area contributed by atoms with Gasteiger partial charge >= 0.3 is 0 Å². The average Bonchev–Trinajstić information content (AvgIpc) is 2.53. The molecule has 5 heteroatoms. The van der Waals surface area contributed by atoms with E-state index in [2.05, 4.69) is 15.9 Å². The molecule has 0 amide bonds. The van der Waals surface area contributed by atoms with Gasteiger partial charge in [0, 0.05) is 17.2 Å². The molecule has 1 atom stereocenters. The third kappa shape index (κ3) is 3.13. The number of ether oxygens (including phenoxy) is 3. The molecule has 0 aliphatic carbocycles. The third-order valence-corrected chi connectivity index (χ3v) is 4.17. The van der Waals surface area contributed by atoms with Crippen LogP contribution in [0, 0.1) is 5.82 Å². The molecule has 0 saturated heterocycles. The van der Waals surface area contributed by atoms with Crippen LogP contribution in [0.15, 0.2) is 36.4 Å². The van der Waals surface area contributed by atoms with Gasteiger partial charge < -0.3 is 14.2 Å². The number of rotatable bonds is 5. The molecule has 0 fully saturated rings. The number of para-hydroxylation sites is 1. The van der Waals surface area contributed by atoms with Crippen LogP contribution >= 0.6 is 15.9 Å². The Morgan fingerprint density at radius 2 is 1.43 bits per heavy atom. The Kier molecular flexibility index (Phi) is 5.07. The van der Waals surface area contributed by atoms with Gasteiger partial charge in [-0.05, 0) is 12.1 Å². The van der Waals surface area contributed by atoms with Crippen LogP contribution in [0.3, 0.4) is 0 Å². The smallest absolute Gasteiger partial charge is 0.163 e. The van der Waals surface area contributed by atoms with Crippen LogP contribution in [0.4, 0.5) is 4.39 Å². The first-order valence-corrected chi connectivity index (χ1v) is 7.22. The zero-order valence-corrected chi connectivity index (χ0v) is 13.6. The minimum atomic E-state index is -0.375. The van der Waals surface area contributed by atoms with Crippen LogP contribution < -0.4 is 14.2 Å². The number of benzene rings is 2. The maximum atomic E-state index is 14.3. The highest BCUT2D eigenvalue weighted by molar-refractivity contribution is 9.09. The molecule has 2 aromatic carbocycles. The fraction of sp³-hybridized carbons (Fsp3) is 0.250. The molecule has 0 heterocycles. The summed E-state index contributed by atoms with van der Waals surface area (Å²) < 4.78 is 30.0. The number of methoxy groups -OCH3 is 3. The van der Waals surface area contributed by atoms with Crippen LogP contribution in [0.2, 0.25) is 0 Å². The molecule has 2 aromatic rings. The molecule has 0 aliphatic heterocycles. The summed E-state index contributed by atoms with van der Waals surface area (Å²) in [5.41, 5.74) is 1.29. The maximum Gasteiger partial charge on any atom is 0.163 e. The van der Waals surface area contributed by atoms with Crippen LogP contribution in [-0.2, 0) is 0 Å². The Bertz CT molecular complexity index is 631. The van der Waals surface area contributed by atoms with E-state index in [-0.39, 0.29) is 10.6 Å². The average molecular weight is 355 g/mol. The number of halogens is 2. The molecule has 0 aromatic heterocycles. The molecule has 0 aliphatic rings. The molecule has 112 valence electrons. The Morgan fingerprint density at radius 1 is 0.857 bits per heavy atom. The minimum Gasteiger partial charge on any atom is -0.496 e. The summed E-state index contributed by atoms with van der Waals surface area (Å²) in [4.78, 5) is -0.353. The standard InChI is InChI=1S/C16H16BrFO3/c1-19-13-7-5-4-6-10(13)16(17)11-8-14(20-2)15(21-3)9-12(11)18/h4-9,16H,1-3H3. The van der Waals surface area contributed by atoms with Gasteiger partial charge in [0.05, 0.1) is 26.2 Å². The van der Waals surface area contributed by atoms with Gasteiger partial charge in [-0.15, -0.1) is 0 Å². The molecule has 0 saturated carbocycles. The Morgan fingerprint density at radius 3 is 2.05 bits per heavy atom. The van der Waals surface area contributed by atoms with Gasteiger partial charge in [-0.25, -0.2) is 4.39 Å². The summed E-state index contributed by atoms with van der Waals surface area (Å²) in [6.45, 7) is 0. The van der Waals surface area contributed by atoms with Crippen molar-refractivity contribution >= 4 is 15.9 Å². The Labute approximate surface area is 131 Å². The predicted molar refractivity (Wildman–Crippen MR) is 83.3 cm³/mol. The summed E-state index contributed by atoms with van der Waals surface area (Å²) in [5.74, 6) is 1.15. The maximum absolute atomic E-state index is 14.3. The lowest BCUT2D eigenvalue weighted by atomic mass is 10.0. The fourth-order valence-electron chi connectivity index (χ4n) is 2.11. The van der Waals surface area contributed by atoms with Crippen molar-refractivity contribution in [3.63, 3.8) is 0 Å². The molecular formula is C16H16BrFO3. The summed E-state index contributed by atoms with van der Waals surface area (Å²) >= 11 is 3.53. The van der Waals surface area contributed by atoms with Crippen molar-refractivity contribution in [3.05, 3.63) is 53.3 Å². The van der Waals surface area contributed by atoms with Gasteiger partial charge in [0.1, 0.15) is 11.6 Å². The summed E-state index contributed by atoms with van der Waals surface area (Å²) in [6, 6.07) is 10.4. The van der Waals surface area contributed by atoms with E-state index in [0.29, 0.717) is 22.8 Å². The number of alkyl halides is 1. The summed E-state index contributed by atoms with van der Waals surface area (Å²) in [5, 5.41) is 0. The van der Waals surface area contributed by atoms with Crippen LogP contribution in [0.25, 0.3) is 0 Å². The van der Waals surface area contributed by atoms with E-state index < -0.39 is 0 Å². The van der Waals surface area contributed by atoms with E-state index in [1.807, 2.05) is 24.3 Å². The van der Waals surface area contributed by atoms with E-state index >= 15 is 0 Å². The van der Waals surface area contributed by atoms with Crippen molar-refractivity contribution in [2.24, 2.45) is 0 Å².